The zero-order chi connectivity index (χ0) is 17.5. The minimum atomic E-state index is -0.174. The Hall–Kier alpha value is -2.53. The molecule has 2 aromatic carbocycles. The van der Waals surface area contributed by atoms with Gasteiger partial charge in [0.1, 0.15) is 11.5 Å². The van der Waals surface area contributed by atoms with Crippen molar-refractivity contribution in [3.8, 4) is 11.5 Å². The van der Waals surface area contributed by atoms with E-state index in [2.05, 4.69) is 5.32 Å². The van der Waals surface area contributed by atoms with Crippen molar-refractivity contribution in [3.63, 3.8) is 0 Å². The fourth-order valence-corrected chi connectivity index (χ4v) is 2.42. The number of rotatable bonds is 7. The van der Waals surface area contributed by atoms with Crippen molar-refractivity contribution in [2.75, 3.05) is 21.3 Å². The van der Waals surface area contributed by atoms with Crippen LogP contribution in [0.25, 0.3) is 0 Å². The lowest BCUT2D eigenvalue weighted by atomic mass is 10.1. The van der Waals surface area contributed by atoms with Crippen LogP contribution in [0.1, 0.15) is 27.0 Å². The summed E-state index contributed by atoms with van der Waals surface area (Å²) in [6.07, 6.45) is 0. The van der Waals surface area contributed by atoms with Crippen LogP contribution < -0.4 is 14.8 Å². The van der Waals surface area contributed by atoms with Gasteiger partial charge in [-0.1, -0.05) is 24.3 Å². The van der Waals surface area contributed by atoms with Gasteiger partial charge < -0.3 is 19.5 Å². The van der Waals surface area contributed by atoms with Crippen molar-refractivity contribution in [2.45, 2.75) is 20.1 Å². The molecule has 0 fully saturated rings. The number of carbonyl (C=O) groups is 1. The topological polar surface area (TPSA) is 56.8 Å². The van der Waals surface area contributed by atoms with E-state index in [0.717, 1.165) is 16.7 Å². The van der Waals surface area contributed by atoms with Gasteiger partial charge in [-0.05, 0) is 30.2 Å². The van der Waals surface area contributed by atoms with Gasteiger partial charge in [0.05, 0.1) is 20.8 Å². The van der Waals surface area contributed by atoms with Crippen LogP contribution >= 0.6 is 0 Å². The van der Waals surface area contributed by atoms with Gasteiger partial charge in [-0.3, -0.25) is 4.79 Å². The number of amides is 1. The summed E-state index contributed by atoms with van der Waals surface area (Å²) in [5.41, 5.74) is 3.49. The van der Waals surface area contributed by atoms with Crippen LogP contribution in [-0.2, 0) is 17.9 Å². The average Bonchev–Trinajstić information content (AvgIpc) is 2.61. The molecule has 2 rings (SSSR count). The summed E-state index contributed by atoms with van der Waals surface area (Å²) in [5.74, 6) is 1.08. The molecule has 0 radical (unpaired) electrons. The number of hydrogen-bond donors (Lipinski definition) is 1. The van der Waals surface area contributed by atoms with Crippen molar-refractivity contribution < 1.29 is 19.0 Å². The molecular formula is C19H23NO4. The third kappa shape index (κ3) is 4.26. The lowest BCUT2D eigenvalue weighted by molar-refractivity contribution is 0.0950. The Balaban J connectivity index is 2.06. The molecule has 24 heavy (non-hydrogen) atoms. The maximum Gasteiger partial charge on any atom is 0.251 e. The molecule has 128 valence electrons. The quantitative estimate of drug-likeness (QED) is 0.848. The van der Waals surface area contributed by atoms with Crippen molar-refractivity contribution in [3.05, 3.63) is 58.7 Å². The van der Waals surface area contributed by atoms with Gasteiger partial charge in [0.25, 0.3) is 5.91 Å². The van der Waals surface area contributed by atoms with Crippen LogP contribution in [0.4, 0.5) is 0 Å². The first kappa shape index (κ1) is 17.8. The molecule has 0 aliphatic rings. The number of hydrogen-bond acceptors (Lipinski definition) is 4. The number of nitrogens with one attached hydrogen (secondary N) is 1. The third-order valence-electron chi connectivity index (χ3n) is 3.80. The number of methoxy groups -OCH3 is 3. The summed E-state index contributed by atoms with van der Waals surface area (Å²) in [6, 6.07) is 11.4. The predicted octanol–water partition coefficient (Wildman–Crippen LogP) is 3.09. The molecule has 0 aromatic heterocycles. The van der Waals surface area contributed by atoms with E-state index >= 15 is 0 Å². The van der Waals surface area contributed by atoms with E-state index in [1.54, 1.807) is 33.5 Å². The largest absolute Gasteiger partial charge is 0.496 e. The highest BCUT2D eigenvalue weighted by atomic mass is 16.5. The van der Waals surface area contributed by atoms with Crippen LogP contribution in [0.2, 0.25) is 0 Å². The first-order valence-electron chi connectivity index (χ1n) is 7.66. The highest BCUT2D eigenvalue weighted by Gasteiger charge is 2.13. The summed E-state index contributed by atoms with van der Waals surface area (Å²) < 4.78 is 15.7. The molecule has 5 heteroatoms. The summed E-state index contributed by atoms with van der Waals surface area (Å²) in [5, 5.41) is 2.91. The van der Waals surface area contributed by atoms with Crippen LogP contribution in [-0.4, -0.2) is 27.2 Å². The SMILES string of the molecule is COCc1ccc(CNC(=O)c2cc(OC)c(C)c(OC)c2)cc1. The molecule has 0 heterocycles. The molecule has 0 saturated carbocycles. The number of carbonyl (C=O) groups excluding carboxylic acids is 1. The fourth-order valence-electron chi connectivity index (χ4n) is 2.42. The zero-order valence-electron chi connectivity index (χ0n) is 14.5. The van der Waals surface area contributed by atoms with Gasteiger partial charge in [-0.2, -0.15) is 0 Å². The molecule has 0 aliphatic carbocycles. The van der Waals surface area contributed by atoms with E-state index in [4.69, 9.17) is 14.2 Å². The minimum Gasteiger partial charge on any atom is -0.496 e. The third-order valence-corrected chi connectivity index (χ3v) is 3.80. The Morgan fingerprint density at radius 2 is 1.50 bits per heavy atom. The van der Waals surface area contributed by atoms with Crippen LogP contribution in [0.5, 0.6) is 11.5 Å². The zero-order valence-corrected chi connectivity index (χ0v) is 14.5. The lowest BCUT2D eigenvalue weighted by Gasteiger charge is -2.13. The van der Waals surface area contributed by atoms with E-state index in [0.29, 0.717) is 30.2 Å². The molecular weight excluding hydrogens is 306 g/mol. The Morgan fingerprint density at radius 3 is 2.00 bits per heavy atom. The Labute approximate surface area is 142 Å². The summed E-state index contributed by atoms with van der Waals surface area (Å²) in [4.78, 5) is 12.4. The molecule has 0 atom stereocenters. The Morgan fingerprint density at radius 1 is 0.958 bits per heavy atom. The van der Waals surface area contributed by atoms with E-state index in [1.807, 2.05) is 31.2 Å². The van der Waals surface area contributed by atoms with Gasteiger partial charge in [0.15, 0.2) is 0 Å². The molecule has 5 nitrogen and oxygen atoms in total. The minimum absolute atomic E-state index is 0.174. The second-order valence-electron chi connectivity index (χ2n) is 5.44. The summed E-state index contributed by atoms with van der Waals surface area (Å²) >= 11 is 0. The normalized spacial score (nSPS) is 10.3. The van der Waals surface area contributed by atoms with E-state index < -0.39 is 0 Å². The molecule has 0 bridgehead atoms. The molecule has 0 aliphatic heterocycles. The van der Waals surface area contributed by atoms with Crippen LogP contribution in [0, 0.1) is 6.92 Å². The molecule has 1 amide bonds. The summed E-state index contributed by atoms with van der Waals surface area (Å²) in [7, 11) is 4.81. The number of benzene rings is 2. The Bertz CT molecular complexity index is 670. The average molecular weight is 329 g/mol. The van der Waals surface area contributed by atoms with Crippen molar-refractivity contribution in [2.24, 2.45) is 0 Å². The maximum absolute atomic E-state index is 12.4. The van der Waals surface area contributed by atoms with Gasteiger partial charge in [-0.25, -0.2) is 0 Å². The monoisotopic (exact) mass is 329 g/mol. The predicted molar refractivity (Wildman–Crippen MR) is 92.6 cm³/mol. The second kappa shape index (κ2) is 8.36. The van der Waals surface area contributed by atoms with Gasteiger partial charge >= 0.3 is 0 Å². The first-order chi connectivity index (χ1) is 11.6. The van der Waals surface area contributed by atoms with Crippen LogP contribution in [0.15, 0.2) is 36.4 Å². The number of ether oxygens (including phenoxy) is 3. The second-order valence-corrected chi connectivity index (χ2v) is 5.44. The lowest BCUT2D eigenvalue weighted by Crippen LogP contribution is -2.23. The molecule has 2 aromatic rings. The smallest absolute Gasteiger partial charge is 0.251 e. The van der Waals surface area contributed by atoms with Crippen molar-refractivity contribution in [1.29, 1.82) is 0 Å². The standard InChI is InChI=1S/C19H23NO4/c1-13-17(23-3)9-16(10-18(13)24-4)19(21)20-11-14-5-7-15(8-6-14)12-22-2/h5-10H,11-12H2,1-4H3,(H,20,21). The molecule has 0 spiro atoms. The molecule has 0 saturated heterocycles. The van der Waals surface area contributed by atoms with Crippen LogP contribution in [0.3, 0.4) is 0 Å². The first-order valence-corrected chi connectivity index (χ1v) is 7.66. The Kier molecular flexibility index (Phi) is 6.21. The van der Waals surface area contributed by atoms with Gasteiger partial charge in [-0.15, -0.1) is 0 Å². The van der Waals surface area contributed by atoms with E-state index in [1.165, 1.54) is 0 Å². The van der Waals surface area contributed by atoms with Crippen molar-refractivity contribution in [1.82, 2.24) is 5.32 Å². The summed E-state index contributed by atoms with van der Waals surface area (Å²) in [6.45, 7) is 2.92. The highest BCUT2D eigenvalue weighted by molar-refractivity contribution is 5.95. The van der Waals surface area contributed by atoms with E-state index in [-0.39, 0.29) is 5.91 Å². The fraction of sp³-hybridized carbons (Fsp3) is 0.316. The maximum atomic E-state index is 12.4. The van der Waals surface area contributed by atoms with E-state index in [9.17, 15) is 4.79 Å². The van der Waals surface area contributed by atoms with Crippen molar-refractivity contribution >= 4 is 5.91 Å². The van der Waals surface area contributed by atoms with Gasteiger partial charge in [0, 0.05) is 24.8 Å². The molecule has 0 unspecified atom stereocenters. The highest BCUT2D eigenvalue weighted by Crippen LogP contribution is 2.29. The molecule has 1 N–H and O–H groups in total. The van der Waals surface area contributed by atoms with Gasteiger partial charge in [0.2, 0.25) is 0 Å².